The Morgan fingerprint density at radius 2 is 1.08 bits per heavy atom. The molecule has 39 heavy (non-hydrogen) atoms. The lowest BCUT2D eigenvalue weighted by Gasteiger charge is -2.27. The Balaban J connectivity index is 1.99. The molecule has 9 heteroatoms. The standard InChI is InChI=1S/C30H39ClO8/c1-6-27(32)37-20-26(39-29(34)8-3)19-36-24-15-11-22(12-16-24)30(4,5)21-9-13-23(14-10-21)35-18-25(17-31)38-28(33)7-2/h9-16,25-26H,6-8,17-20H2,1-5H3/t25-,26-/m0/s1. The number of rotatable bonds is 16. The average Bonchev–Trinajstić information content (AvgIpc) is 2.96. The summed E-state index contributed by atoms with van der Waals surface area (Å²) in [5.74, 6) is 0.362. The Kier molecular flexibility index (Phi) is 13.1. The molecule has 0 unspecified atom stereocenters. The first kappa shape index (κ1) is 32.0. The summed E-state index contributed by atoms with van der Waals surface area (Å²) in [5.41, 5.74) is 1.85. The summed E-state index contributed by atoms with van der Waals surface area (Å²) in [6, 6.07) is 15.4. The van der Waals surface area contributed by atoms with Crippen LogP contribution in [0.5, 0.6) is 11.5 Å². The smallest absolute Gasteiger partial charge is 0.306 e. The highest BCUT2D eigenvalue weighted by Gasteiger charge is 2.24. The van der Waals surface area contributed by atoms with Gasteiger partial charge in [0.05, 0.1) is 5.88 Å². The van der Waals surface area contributed by atoms with Crippen LogP contribution in [0.25, 0.3) is 0 Å². The van der Waals surface area contributed by atoms with Crippen molar-refractivity contribution in [1.29, 1.82) is 0 Å². The third-order valence-corrected chi connectivity index (χ3v) is 6.43. The fourth-order valence-electron chi connectivity index (χ4n) is 3.53. The second-order valence-electron chi connectivity index (χ2n) is 9.42. The van der Waals surface area contributed by atoms with Gasteiger partial charge in [-0.25, -0.2) is 0 Å². The molecule has 0 bridgehead atoms. The average molecular weight is 563 g/mol. The third kappa shape index (κ3) is 10.4. The van der Waals surface area contributed by atoms with E-state index in [1.807, 2.05) is 48.5 Å². The Morgan fingerprint density at radius 1 is 0.667 bits per heavy atom. The molecule has 2 atom stereocenters. The van der Waals surface area contributed by atoms with Crippen molar-refractivity contribution in [1.82, 2.24) is 0 Å². The Morgan fingerprint density at radius 3 is 1.49 bits per heavy atom. The van der Waals surface area contributed by atoms with Gasteiger partial charge in [0.25, 0.3) is 0 Å². The molecule has 0 amide bonds. The lowest BCUT2D eigenvalue weighted by Crippen LogP contribution is -2.30. The molecule has 2 aromatic carbocycles. The first-order chi connectivity index (χ1) is 18.6. The molecule has 0 N–H and O–H groups in total. The predicted octanol–water partition coefficient (Wildman–Crippen LogP) is 5.61. The molecule has 0 fully saturated rings. The fraction of sp³-hybridized carbons (Fsp3) is 0.500. The van der Waals surface area contributed by atoms with Crippen LogP contribution in [0.15, 0.2) is 48.5 Å². The molecule has 0 aliphatic carbocycles. The van der Waals surface area contributed by atoms with Crippen LogP contribution in [0.2, 0.25) is 0 Å². The normalized spacial score (nSPS) is 12.7. The van der Waals surface area contributed by atoms with E-state index >= 15 is 0 Å². The van der Waals surface area contributed by atoms with Gasteiger partial charge in [0.15, 0.2) is 6.10 Å². The van der Waals surface area contributed by atoms with E-state index in [9.17, 15) is 14.4 Å². The van der Waals surface area contributed by atoms with Crippen molar-refractivity contribution in [2.75, 3.05) is 25.7 Å². The molecule has 0 aliphatic heterocycles. The van der Waals surface area contributed by atoms with Gasteiger partial charge in [-0.1, -0.05) is 58.9 Å². The lowest BCUT2D eigenvalue weighted by atomic mass is 9.78. The summed E-state index contributed by atoms with van der Waals surface area (Å²) in [5, 5.41) is 0. The molecule has 0 aliphatic rings. The quantitative estimate of drug-likeness (QED) is 0.148. The summed E-state index contributed by atoms with van der Waals surface area (Å²) < 4.78 is 27.3. The highest BCUT2D eigenvalue weighted by Crippen LogP contribution is 2.33. The Labute approximate surface area is 235 Å². The van der Waals surface area contributed by atoms with Gasteiger partial charge in [-0.05, 0) is 35.4 Å². The summed E-state index contributed by atoms with van der Waals surface area (Å²) in [6.07, 6.45) is -0.445. The first-order valence-electron chi connectivity index (χ1n) is 13.2. The van der Waals surface area contributed by atoms with E-state index in [0.29, 0.717) is 11.5 Å². The van der Waals surface area contributed by atoms with Crippen LogP contribution < -0.4 is 9.47 Å². The molecule has 2 rings (SSSR count). The van der Waals surface area contributed by atoms with Gasteiger partial charge >= 0.3 is 17.9 Å². The van der Waals surface area contributed by atoms with Crippen molar-refractivity contribution < 1.29 is 38.1 Å². The molecule has 2 aromatic rings. The van der Waals surface area contributed by atoms with E-state index < -0.39 is 12.2 Å². The Bertz CT molecular complexity index is 1050. The van der Waals surface area contributed by atoms with E-state index in [1.165, 1.54) is 0 Å². The molecule has 8 nitrogen and oxygen atoms in total. The van der Waals surface area contributed by atoms with Crippen LogP contribution in [-0.4, -0.2) is 55.8 Å². The number of carbonyl (C=O) groups is 3. The molecule has 0 heterocycles. The third-order valence-electron chi connectivity index (χ3n) is 6.09. The molecule has 214 valence electrons. The zero-order valence-electron chi connectivity index (χ0n) is 23.4. The Hall–Kier alpha value is -3.26. The summed E-state index contributed by atoms with van der Waals surface area (Å²) >= 11 is 5.89. The van der Waals surface area contributed by atoms with Crippen molar-refractivity contribution in [3.8, 4) is 11.5 Å². The number of alkyl halides is 1. The number of carbonyl (C=O) groups excluding carboxylic acids is 3. The lowest BCUT2D eigenvalue weighted by molar-refractivity contribution is -0.160. The summed E-state index contributed by atoms with van der Waals surface area (Å²) in [6.45, 7) is 9.55. The molecule has 0 saturated heterocycles. The van der Waals surface area contributed by atoms with Gasteiger partial charge in [0.2, 0.25) is 0 Å². The van der Waals surface area contributed by atoms with E-state index in [2.05, 4.69) is 13.8 Å². The first-order valence-corrected chi connectivity index (χ1v) is 13.7. The molecule has 0 radical (unpaired) electrons. The number of hydrogen-bond donors (Lipinski definition) is 0. The molecule has 0 saturated carbocycles. The van der Waals surface area contributed by atoms with Crippen molar-refractivity contribution in [2.45, 2.75) is 71.5 Å². The molecule has 0 spiro atoms. The zero-order chi connectivity index (χ0) is 28.8. The van der Waals surface area contributed by atoms with Crippen LogP contribution in [0.1, 0.15) is 65.0 Å². The van der Waals surface area contributed by atoms with Crippen LogP contribution in [0, 0.1) is 0 Å². The highest BCUT2D eigenvalue weighted by molar-refractivity contribution is 6.18. The van der Waals surface area contributed by atoms with Crippen LogP contribution >= 0.6 is 11.6 Å². The second-order valence-corrected chi connectivity index (χ2v) is 9.73. The van der Waals surface area contributed by atoms with Gasteiger partial charge in [0, 0.05) is 24.7 Å². The second kappa shape index (κ2) is 16.0. The number of ether oxygens (including phenoxy) is 5. The maximum atomic E-state index is 11.7. The van der Waals surface area contributed by atoms with Crippen LogP contribution in [0.4, 0.5) is 0 Å². The summed E-state index contributed by atoms with van der Waals surface area (Å²) in [7, 11) is 0. The largest absolute Gasteiger partial charge is 0.490 e. The molecular formula is C30H39ClO8. The van der Waals surface area contributed by atoms with Crippen LogP contribution in [-0.2, 0) is 34.0 Å². The van der Waals surface area contributed by atoms with Crippen molar-refractivity contribution in [3.63, 3.8) is 0 Å². The number of hydrogen-bond acceptors (Lipinski definition) is 8. The van der Waals surface area contributed by atoms with Crippen LogP contribution in [0.3, 0.4) is 0 Å². The van der Waals surface area contributed by atoms with E-state index in [1.54, 1.807) is 20.8 Å². The van der Waals surface area contributed by atoms with E-state index in [-0.39, 0.29) is 68.3 Å². The van der Waals surface area contributed by atoms with Crippen molar-refractivity contribution in [2.24, 2.45) is 0 Å². The molecule has 0 aromatic heterocycles. The minimum Gasteiger partial charge on any atom is -0.490 e. The summed E-state index contributed by atoms with van der Waals surface area (Å²) in [4.78, 5) is 34.7. The van der Waals surface area contributed by atoms with E-state index in [4.69, 9.17) is 35.3 Å². The minimum atomic E-state index is -0.691. The fourth-order valence-corrected chi connectivity index (χ4v) is 3.69. The number of esters is 3. The number of benzene rings is 2. The van der Waals surface area contributed by atoms with Gasteiger partial charge in [-0.15, -0.1) is 11.6 Å². The van der Waals surface area contributed by atoms with Gasteiger partial charge in [-0.3, -0.25) is 14.4 Å². The monoisotopic (exact) mass is 562 g/mol. The van der Waals surface area contributed by atoms with Gasteiger partial charge in [-0.2, -0.15) is 0 Å². The van der Waals surface area contributed by atoms with Gasteiger partial charge < -0.3 is 23.7 Å². The SMILES string of the molecule is CCC(=O)OC[C@H](COc1ccc(C(C)(C)c2ccc(OC[C@H](CCl)OC(=O)CC)cc2)cc1)OC(=O)CC. The van der Waals surface area contributed by atoms with Gasteiger partial charge in [0.1, 0.15) is 37.4 Å². The van der Waals surface area contributed by atoms with Crippen molar-refractivity contribution >= 4 is 29.5 Å². The predicted molar refractivity (Wildman–Crippen MR) is 148 cm³/mol. The van der Waals surface area contributed by atoms with Crippen molar-refractivity contribution in [3.05, 3.63) is 59.7 Å². The highest BCUT2D eigenvalue weighted by atomic mass is 35.5. The maximum absolute atomic E-state index is 11.7. The zero-order valence-corrected chi connectivity index (χ0v) is 24.1. The van der Waals surface area contributed by atoms with E-state index in [0.717, 1.165) is 11.1 Å². The minimum absolute atomic E-state index is 0.0559. The topological polar surface area (TPSA) is 97.4 Å². The number of halogens is 1. The maximum Gasteiger partial charge on any atom is 0.306 e. The molecular weight excluding hydrogens is 524 g/mol.